The fourth-order valence-corrected chi connectivity index (χ4v) is 1.86. The van der Waals surface area contributed by atoms with E-state index in [-0.39, 0.29) is 5.91 Å². The highest BCUT2D eigenvalue weighted by atomic mass is 16.5. The van der Waals surface area contributed by atoms with Crippen LogP contribution in [-0.4, -0.2) is 44.1 Å². The predicted octanol–water partition coefficient (Wildman–Crippen LogP) is 1.77. The van der Waals surface area contributed by atoms with Gasteiger partial charge in [-0.25, -0.2) is 0 Å². The molecule has 4 heteroatoms. The van der Waals surface area contributed by atoms with Gasteiger partial charge in [0.1, 0.15) is 5.75 Å². The molecule has 0 saturated carbocycles. The summed E-state index contributed by atoms with van der Waals surface area (Å²) in [7, 11) is 4.05. The summed E-state index contributed by atoms with van der Waals surface area (Å²) in [5.74, 6) is 1.06. The molecule has 0 bridgehead atoms. The van der Waals surface area contributed by atoms with Gasteiger partial charge in [0.2, 0.25) is 0 Å². The van der Waals surface area contributed by atoms with Gasteiger partial charge in [0.15, 0.2) is 6.10 Å². The summed E-state index contributed by atoms with van der Waals surface area (Å²) in [6.45, 7) is 5.50. The molecule has 1 N–H and O–H groups in total. The number of hydrogen-bond donors (Lipinski definition) is 1. The molecule has 0 radical (unpaired) electrons. The van der Waals surface area contributed by atoms with Gasteiger partial charge in [-0.3, -0.25) is 4.79 Å². The SMILES string of the molecule is C[C@@H](CNC(=O)[C@@H](C)Oc1ccccc1)CN(C)C. The van der Waals surface area contributed by atoms with Gasteiger partial charge >= 0.3 is 0 Å². The maximum absolute atomic E-state index is 11.9. The monoisotopic (exact) mass is 264 g/mol. The van der Waals surface area contributed by atoms with Crippen molar-refractivity contribution in [3.8, 4) is 5.75 Å². The zero-order valence-corrected chi connectivity index (χ0v) is 12.2. The summed E-state index contributed by atoms with van der Waals surface area (Å²) in [6.07, 6.45) is -0.478. The van der Waals surface area contributed by atoms with Crippen molar-refractivity contribution in [1.29, 1.82) is 0 Å². The van der Waals surface area contributed by atoms with E-state index in [1.807, 2.05) is 44.4 Å². The van der Waals surface area contributed by atoms with E-state index in [0.29, 0.717) is 18.2 Å². The standard InChI is InChI=1S/C15H24N2O2/c1-12(11-17(3)4)10-16-15(18)13(2)19-14-8-6-5-7-9-14/h5-9,12-13H,10-11H2,1-4H3,(H,16,18)/t12-,13+/m0/s1. The van der Waals surface area contributed by atoms with E-state index < -0.39 is 6.10 Å². The Labute approximate surface area is 115 Å². The molecule has 1 aromatic carbocycles. The number of nitrogens with zero attached hydrogens (tertiary/aromatic N) is 1. The van der Waals surface area contributed by atoms with E-state index in [4.69, 9.17) is 4.74 Å². The molecule has 0 heterocycles. The molecule has 1 aromatic rings. The number of nitrogens with one attached hydrogen (secondary N) is 1. The van der Waals surface area contributed by atoms with Gasteiger partial charge in [-0.15, -0.1) is 0 Å². The molecule has 2 atom stereocenters. The topological polar surface area (TPSA) is 41.6 Å². The molecule has 0 unspecified atom stereocenters. The van der Waals surface area contributed by atoms with E-state index in [0.717, 1.165) is 6.54 Å². The van der Waals surface area contributed by atoms with E-state index in [1.165, 1.54) is 0 Å². The minimum absolute atomic E-state index is 0.0746. The van der Waals surface area contributed by atoms with E-state index in [9.17, 15) is 4.79 Å². The smallest absolute Gasteiger partial charge is 0.260 e. The minimum Gasteiger partial charge on any atom is -0.481 e. The first-order chi connectivity index (χ1) is 8.99. The lowest BCUT2D eigenvalue weighted by Gasteiger charge is -2.19. The molecule has 0 aliphatic heterocycles. The fourth-order valence-electron chi connectivity index (χ4n) is 1.86. The molecule has 0 aromatic heterocycles. The first kappa shape index (κ1) is 15.5. The third-order valence-corrected chi connectivity index (χ3v) is 2.73. The van der Waals surface area contributed by atoms with Crippen LogP contribution in [0.5, 0.6) is 5.75 Å². The first-order valence-corrected chi connectivity index (χ1v) is 6.63. The van der Waals surface area contributed by atoms with Crippen LogP contribution in [0.25, 0.3) is 0 Å². The molecule has 0 aliphatic rings. The predicted molar refractivity (Wildman–Crippen MR) is 77.3 cm³/mol. The number of amides is 1. The lowest BCUT2D eigenvalue weighted by Crippen LogP contribution is -2.40. The van der Waals surface area contributed by atoms with Crippen molar-refractivity contribution in [2.45, 2.75) is 20.0 Å². The molecule has 0 spiro atoms. The lowest BCUT2D eigenvalue weighted by molar-refractivity contribution is -0.127. The van der Waals surface area contributed by atoms with Crippen molar-refractivity contribution < 1.29 is 9.53 Å². The Morgan fingerprint density at radius 2 is 1.89 bits per heavy atom. The van der Waals surface area contributed by atoms with Gasteiger partial charge in [0.05, 0.1) is 0 Å². The second-order valence-electron chi connectivity index (χ2n) is 5.19. The summed E-state index contributed by atoms with van der Waals surface area (Å²) >= 11 is 0. The highest BCUT2D eigenvalue weighted by molar-refractivity contribution is 5.80. The Hall–Kier alpha value is -1.55. The average Bonchev–Trinajstić information content (AvgIpc) is 2.36. The molecule has 0 fully saturated rings. The van der Waals surface area contributed by atoms with Crippen LogP contribution < -0.4 is 10.1 Å². The number of rotatable bonds is 7. The van der Waals surface area contributed by atoms with E-state index >= 15 is 0 Å². The van der Waals surface area contributed by atoms with Crippen LogP contribution in [0.1, 0.15) is 13.8 Å². The minimum atomic E-state index is -0.478. The molecule has 4 nitrogen and oxygen atoms in total. The fraction of sp³-hybridized carbons (Fsp3) is 0.533. The van der Waals surface area contributed by atoms with E-state index in [2.05, 4.69) is 17.1 Å². The zero-order valence-electron chi connectivity index (χ0n) is 12.2. The quantitative estimate of drug-likeness (QED) is 0.816. The molecule has 19 heavy (non-hydrogen) atoms. The second-order valence-corrected chi connectivity index (χ2v) is 5.19. The number of ether oxygens (including phenoxy) is 1. The molecular weight excluding hydrogens is 240 g/mol. The number of para-hydroxylation sites is 1. The normalized spacial score (nSPS) is 13.9. The van der Waals surface area contributed by atoms with Gasteiger partial charge in [-0.05, 0) is 39.1 Å². The number of carbonyl (C=O) groups excluding carboxylic acids is 1. The van der Waals surface area contributed by atoms with Gasteiger partial charge in [-0.2, -0.15) is 0 Å². The van der Waals surface area contributed by atoms with Gasteiger partial charge < -0.3 is 15.0 Å². The Balaban J connectivity index is 2.33. The van der Waals surface area contributed by atoms with E-state index in [1.54, 1.807) is 6.92 Å². The van der Waals surface area contributed by atoms with Gasteiger partial charge in [-0.1, -0.05) is 25.1 Å². The Morgan fingerprint density at radius 3 is 2.47 bits per heavy atom. The maximum Gasteiger partial charge on any atom is 0.260 e. The van der Waals surface area contributed by atoms with Crippen molar-refractivity contribution in [3.63, 3.8) is 0 Å². The molecule has 0 aliphatic carbocycles. The summed E-state index contributed by atoms with van der Waals surface area (Å²) in [6, 6.07) is 9.38. The summed E-state index contributed by atoms with van der Waals surface area (Å²) < 4.78 is 5.57. The van der Waals surface area contributed by atoms with Crippen molar-refractivity contribution in [3.05, 3.63) is 30.3 Å². The third kappa shape index (κ3) is 6.25. The molecular formula is C15H24N2O2. The molecule has 1 amide bonds. The summed E-state index contributed by atoms with van der Waals surface area (Å²) in [4.78, 5) is 14.0. The van der Waals surface area contributed by atoms with Crippen LogP contribution in [0.2, 0.25) is 0 Å². The third-order valence-electron chi connectivity index (χ3n) is 2.73. The highest BCUT2D eigenvalue weighted by Crippen LogP contribution is 2.10. The zero-order chi connectivity index (χ0) is 14.3. The molecule has 106 valence electrons. The van der Waals surface area contributed by atoms with Crippen LogP contribution in [0.3, 0.4) is 0 Å². The Bertz CT molecular complexity index is 379. The number of hydrogen-bond acceptors (Lipinski definition) is 3. The largest absolute Gasteiger partial charge is 0.481 e. The van der Waals surface area contributed by atoms with Crippen LogP contribution in [0.4, 0.5) is 0 Å². The Morgan fingerprint density at radius 1 is 1.26 bits per heavy atom. The second kappa shape index (κ2) is 7.79. The van der Waals surface area contributed by atoms with Crippen molar-refractivity contribution in [2.75, 3.05) is 27.2 Å². The lowest BCUT2D eigenvalue weighted by atomic mass is 10.1. The van der Waals surface area contributed by atoms with Crippen LogP contribution >= 0.6 is 0 Å². The van der Waals surface area contributed by atoms with Gasteiger partial charge in [0.25, 0.3) is 5.91 Å². The Kier molecular flexibility index (Phi) is 6.36. The molecule has 1 rings (SSSR count). The molecule has 0 saturated heterocycles. The number of benzene rings is 1. The van der Waals surface area contributed by atoms with Crippen LogP contribution in [0, 0.1) is 5.92 Å². The summed E-state index contributed by atoms with van der Waals surface area (Å²) in [5.41, 5.74) is 0. The van der Waals surface area contributed by atoms with Gasteiger partial charge in [0, 0.05) is 13.1 Å². The van der Waals surface area contributed by atoms with Crippen LogP contribution in [-0.2, 0) is 4.79 Å². The van der Waals surface area contributed by atoms with Crippen molar-refractivity contribution in [1.82, 2.24) is 10.2 Å². The summed E-state index contributed by atoms with van der Waals surface area (Å²) in [5, 5.41) is 2.92. The highest BCUT2D eigenvalue weighted by Gasteiger charge is 2.15. The maximum atomic E-state index is 11.9. The average molecular weight is 264 g/mol. The first-order valence-electron chi connectivity index (χ1n) is 6.63. The van der Waals surface area contributed by atoms with Crippen molar-refractivity contribution >= 4 is 5.91 Å². The number of carbonyl (C=O) groups is 1. The van der Waals surface area contributed by atoms with Crippen molar-refractivity contribution in [2.24, 2.45) is 5.92 Å². The van der Waals surface area contributed by atoms with Crippen LogP contribution in [0.15, 0.2) is 30.3 Å².